The summed E-state index contributed by atoms with van der Waals surface area (Å²) in [5, 5.41) is 8.01. The molecule has 0 bridgehead atoms. The zero-order valence-corrected chi connectivity index (χ0v) is 5.74. The molecule has 0 amide bonds. The van der Waals surface area contributed by atoms with Crippen LogP contribution < -0.4 is 5.54 Å². The van der Waals surface area contributed by atoms with E-state index in [9.17, 15) is 13.3 Å². The van der Waals surface area contributed by atoms with E-state index < -0.39 is 18.1 Å². The van der Waals surface area contributed by atoms with E-state index >= 15 is 0 Å². The number of aliphatic hydroxyl groups is 1. The van der Waals surface area contributed by atoms with Crippen LogP contribution in [0.25, 0.3) is 0 Å². The van der Waals surface area contributed by atoms with Gasteiger partial charge in [-0.3, -0.25) is 0 Å². The van der Waals surface area contributed by atoms with Crippen molar-refractivity contribution in [2.24, 2.45) is 5.92 Å². The molecule has 0 aromatic rings. The molecule has 0 aliphatic rings. The van der Waals surface area contributed by atoms with E-state index in [1.165, 1.54) is 13.8 Å². The second-order valence-corrected chi connectivity index (χ2v) is 2.42. The van der Waals surface area contributed by atoms with E-state index in [0.29, 0.717) is 0 Å². The van der Waals surface area contributed by atoms with Crippen LogP contribution in [0.4, 0.5) is 13.3 Å². The zero-order valence-electron chi connectivity index (χ0n) is 5.74. The molecule has 2 nitrogen and oxygen atoms in total. The molecule has 0 saturated heterocycles. The lowest BCUT2D eigenvalue weighted by Crippen LogP contribution is -2.45. The summed E-state index contributed by atoms with van der Waals surface area (Å²) in [5.74, 6) is -0.662. The number of hydrogen-bond acceptors (Lipinski definition) is 2. The van der Waals surface area contributed by atoms with Crippen molar-refractivity contribution in [3.8, 4) is 0 Å². The molecule has 0 spiro atoms. The molecule has 0 unspecified atom stereocenters. The molecule has 62 valence electrons. The molecule has 10 heavy (non-hydrogen) atoms. The lowest BCUT2D eigenvalue weighted by molar-refractivity contribution is -0.236. The predicted molar refractivity (Wildman–Crippen MR) is 30.0 cm³/mol. The van der Waals surface area contributed by atoms with Crippen LogP contribution in [0.1, 0.15) is 13.8 Å². The minimum atomic E-state index is -4.00. The van der Waals surface area contributed by atoms with Crippen molar-refractivity contribution < 1.29 is 18.4 Å². The van der Waals surface area contributed by atoms with Gasteiger partial charge in [0.25, 0.3) is 0 Å². The summed E-state index contributed by atoms with van der Waals surface area (Å²) in [6.07, 6.45) is -4.00. The third kappa shape index (κ3) is 2.53. The molecule has 0 saturated carbocycles. The highest BCUT2D eigenvalue weighted by atomic mass is 19.3. The number of alkyl halides is 2. The van der Waals surface area contributed by atoms with Crippen molar-refractivity contribution >= 4 is 0 Å². The maximum absolute atomic E-state index is 11.9. The van der Waals surface area contributed by atoms with Gasteiger partial charge in [-0.15, -0.1) is 10.0 Å². The van der Waals surface area contributed by atoms with E-state index in [2.05, 4.69) is 0 Å². The van der Waals surface area contributed by atoms with E-state index in [0.717, 1.165) is 5.54 Å². The Morgan fingerprint density at radius 3 is 1.80 bits per heavy atom. The second kappa shape index (κ2) is 3.21. The second-order valence-electron chi connectivity index (χ2n) is 2.42. The minimum Gasteiger partial charge on any atom is -0.335 e. The summed E-state index contributed by atoms with van der Waals surface area (Å²) in [6, 6.07) is -1.83. The molecule has 0 rings (SSSR count). The van der Waals surface area contributed by atoms with Gasteiger partial charge in [0.05, 0.1) is 0 Å². The molecule has 0 aromatic heterocycles. The van der Waals surface area contributed by atoms with Crippen LogP contribution in [-0.2, 0) is 0 Å². The van der Waals surface area contributed by atoms with Crippen LogP contribution in [0.3, 0.4) is 0 Å². The third-order valence-electron chi connectivity index (χ3n) is 1.16. The van der Waals surface area contributed by atoms with Crippen molar-refractivity contribution in [2.45, 2.75) is 26.0 Å². The molecule has 0 heterocycles. The normalized spacial score (nSPS) is 15.9. The Hall–Kier alpha value is -0.290. The largest absolute Gasteiger partial charge is 0.371 e. The molecule has 1 atom stereocenters. The van der Waals surface area contributed by atoms with Crippen LogP contribution >= 0.6 is 0 Å². The monoisotopic (exact) mass is 157 g/mol. The van der Waals surface area contributed by atoms with E-state index in [1.54, 1.807) is 0 Å². The summed E-state index contributed by atoms with van der Waals surface area (Å²) >= 11 is 0. The van der Waals surface area contributed by atoms with Crippen LogP contribution in [-0.4, -0.2) is 17.3 Å². The molecule has 0 fully saturated rings. The fourth-order valence-electron chi connectivity index (χ4n) is 0.593. The number of hydrogen-bond donors (Lipinski definition) is 2. The van der Waals surface area contributed by atoms with Crippen molar-refractivity contribution in [2.75, 3.05) is 0 Å². The van der Waals surface area contributed by atoms with Crippen LogP contribution in [0.2, 0.25) is 0 Å². The standard InChI is InChI=1S/C5H10F3NO/c1-3(2)4(9-8)5(6,7)10/h3-4,9-10H,1-2H3/t4-/m0/s1. The molecular formula is C5H10F3NO. The maximum Gasteiger partial charge on any atom is 0.371 e. The van der Waals surface area contributed by atoms with Gasteiger partial charge in [-0.2, -0.15) is 8.78 Å². The van der Waals surface area contributed by atoms with E-state index in [-0.39, 0.29) is 0 Å². The fourth-order valence-corrected chi connectivity index (χ4v) is 0.593. The van der Waals surface area contributed by atoms with Gasteiger partial charge in [0.2, 0.25) is 0 Å². The first-order valence-electron chi connectivity index (χ1n) is 2.86. The highest BCUT2D eigenvalue weighted by Gasteiger charge is 2.39. The smallest absolute Gasteiger partial charge is 0.335 e. The first kappa shape index (κ1) is 9.71. The molecular weight excluding hydrogens is 147 g/mol. The average Bonchev–Trinajstić information content (AvgIpc) is 1.60. The number of halogens is 3. The van der Waals surface area contributed by atoms with Crippen LogP contribution in [0.15, 0.2) is 0 Å². The molecule has 0 radical (unpaired) electrons. The Morgan fingerprint density at radius 2 is 1.80 bits per heavy atom. The van der Waals surface area contributed by atoms with Crippen molar-refractivity contribution in [1.82, 2.24) is 5.54 Å². The molecule has 2 N–H and O–H groups in total. The predicted octanol–water partition coefficient (Wildman–Crippen LogP) is 1.07. The van der Waals surface area contributed by atoms with Gasteiger partial charge in [-0.1, -0.05) is 13.8 Å². The van der Waals surface area contributed by atoms with Gasteiger partial charge < -0.3 is 5.11 Å². The Balaban J connectivity index is 4.07. The number of rotatable bonds is 3. The SMILES string of the molecule is CC(C)[C@H](NF)C(O)(F)F. The van der Waals surface area contributed by atoms with Crippen molar-refractivity contribution in [3.63, 3.8) is 0 Å². The Labute approximate surface area is 57.0 Å². The molecule has 0 aliphatic carbocycles. The molecule has 5 heteroatoms. The van der Waals surface area contributed by atoms with Crippen molar-refractivity contribution in [3.05, 3.63) is 0 Å². The van der Waals surface area contributed by atoms with Gasteiger partial charge in [-0.05, 0) is 5.92 Å². The van der Waals surface area contributed by atoms with Gasteiger partial charge in [0.15, 0.2) is 0 Å². The van der Waals surface area contributed by atoms with Gasteiger partial charge in [0, 0.05) is 0 Å². The molecule has 0 aromatic carbocycles. The summed E-state index contributed by atoms with van der Waals surface area (Å²) in [5.41, 5.74) is 0.841. The van der Waals surface area contributed by atoms with Gasteiger partial charge in [-0.25, -0.2) is 0 Å². The molecule has 0 aliphatic heterocycles. The first-order valence-corrected chi connectivity index (χ1v) is 2.86. The topological polar surface area (TPSA) is 32.3 Å². The maximum atomic E-state index is 11.9. The van der Waals surface area contributed by atoms with Gasteiger partial charge >= 0.3 is 6.11 Å². The first-order chi connectivity index (χ1) is 4.39. The summed E-state index contributed by atoms with van der Waals surface area (Å²) in [6.45, 7) is 2.75. The Kier molecular flexibility index (Phi) is 3.11. The fraction of sp³-hybridized carbons (Fsp3) is 1.00. The highest BCUT2D eigenvalue weighted by Crippen LogP contribution is 2.20. The highest BCUT2D eigenvalue weighted by molar-refractivity contribution is 4.73. The van der Waals surface area contributed by atoms with Crippen LogP contribution in [0.5, 0.6) is 0 Å². The lowest BCUT2D eigenvalue weighted by atomic mass is 10.1. The summed E-state index contributed by atoms with van der Waals surface area (Å²) in [4.78, 5) is 0. The Morgan fingerprint density at radius 1 is 1.40 bits per heavy atom. The minimum absolute atomic E-state index is 0.662. The zero-order chi connectivity index (χ0) is 8.36. The quantitative estimate of drug-likeness (QED) is 0.600. The van der Waals surface area contributed by atoms with E-state index in [4.69, 9.17) is 5.11 Å². The Bertz CT molecular complexity index is 102. The summed E-state index contributed by atoms with van der Waals surface area (Å²) < 4.78 is 35.3. The third-order valence-corrected chi connectivity index (χ3v) is 1.16. The number of nitrogens with one attached hydrogen (secondary N) is 1. The van der Waals surface area contributed by atoms with E-state index in [1.807, 2.05) is 0 Å². The van der Waals surface area contributed by atoms with Crippen molar-refractivity contribution in [1.29, 1.82) is 0 Å². The van der Waals surface area contributed by atoms with Crippen LogP contribution in [0, 0.1) is 5.92 Å². The average molecular weight is 157 g/mol. The summed E-state index contributed by atoms with van der Waals surface area (Å²) in [7, 11) is 0. The lowest BCUT2D eigenvalue weighted by Gasteiger charge is -2.21. The van der Waals surface area contributed by atoms with Gasteiger partial charge in [0.1, 0.15) is 6.04 Å².